The fourth-order valence-corrected chi connectivity index (χ4v) is 2.56. The molecule has 0 spiro atoms. The lowest BCUT2D eigenvalue weighted by Gasteiger charge is -2.12. The molecule has 2 rings (SSSR count). The highest BCUT2D eigenvalue weighted by Crippen LogP contribution is 2.25. The Morgan fingerprint density at radius 2 is 1.74 bits per heavy atom. The van der Waals surface area contributed by atoms with E-state index in [4.69, 9.17) is 0 Å². The first-order chi connectivity index (χ1) is 11.0. The number of alkyl halides is 2. The third-order valence-corrected chi connectivity index (χ3v) is 3.88. The Morgan fingerprint density at radius 1 is 1.09 bits per heavy atom. The Kier molecular flexibility index (Phi) is 6.55. The molecule has 23 heavy (non-hydrogen) atoms. The highest BCUT2D eigenvalue weighted by molar-refractivity contribution is 7.99. The van der Waals surface area contributed by atoms with E-state index in [2.05, 4.69) is 5.32 Å². The fraction of sp³-hybridized carbons (Fsp3) is 0.235. The Hall–Kier alpha value is -1.92. The second kappa shape index (κ2) is 8.64. The molecule has 2 aromatic rings. The zero-order valence-electron chi connectivity index (χ0n) is 12.3. The summed E-state index contributed by atoms with van der Waals surface area (Å²) in [4.78, 5) is 12.4. The zero-order chi connectivity index (χ0) is 16.7. The first-order valence-electron chi connectivity index (χ1n) is 7.09. The molecule has 1 unspecified atom stereocenters. The van der Waals surface area contributed by atoms with E-state index in [0.717, 1.165) is 5.56 Å². The first-order valence-corrected chi connectivity index (χ1v) is 7.97. The maximum absolute atomic E-state index is 12.2. The van der Waals surface area contributed by atoms with Crippen molar-refractivity contribution >= 4 is 17.7 Å². The van der Waals surface area contributed by atoms with Crippen molar-refractivity contribution in [3.8, 4) is 0 Å². The lowest BCUT2D eigenvalue weighted by atomic mass is 10.1. The normalized spacial score (nSPS) is 12.2. The van der Waals surface area contributed by atoms with Crippen molar-refractivity contribution in [1.82, 2.24) is 5.32 Å². The number of halogens is 2. The van der Waals surface area contributed by atoms with Gasteiger partial charge in [0.25, 0.3) is 11.7 Å². The van der Waals surface area contributed by atoms with Crippen LogP contribution in [0.25, 0.3) is 0 Å². The molecule has 0 aliphatic heterocycles. The summed E-state index contributed by atoms with van der Waals surface area (Å²) in [6, 6.07) is 15.4. The van der Waals surface area contributed by atoms with Crippen molar-refractivity contribution in [3.05, 3.63) is 65.7 Å². The van der Waals surface area contributed by atoms with Gasteiger partial charge >= 0.3 is 0 Å². The Bertz CT molecular complexity index is 620. The summed E-state index contributed by atoms with van der Waals surface area (Å²) in [5.41, 5.74) is 1.36. The van der Waals surface area contributed by atoms with Gasteiger partial charge in [0, 0.05) is 23.4 Å². The van der Waals surface area contributed by atoms with Crippen LogP contribution in [0.1, 0.15) is 15.9 Å². The molecular weight excluding hydrogens is 320 g/mol. The van der Waals surface area contributed by atoms with Gasteiger partial charge in [0.15, 0.2) is 0 Å². The predicted octanol–water partition coefficient (Wildman–Crippen LogP) is 3.33. The molecule has 0 saturated carbocycles. The molecule has 122 valence electrons. The standard InChI is InChI=1S/C17H17F2NO2S/c18-17(19)23-15-8-6-13(7-9-15)16(22)20-11-14(21)10-12-4-2-1-3-5-12/h1-9,14,17,21H,10-11H2,(H,20,22). The van der Waals surface area contributed by atoms with Crippen molar-refractivity contribution in [3.63, 3.8) is 0 Å². The van der Waals surface area contributed by atoms with Crippen molar-refractivity contribution in [2.75, 3.05) is 6.54 Å². The monoisotopic (exact) mass is 337 g/mol. The molecule has 0 aromatic heterocycles. The van der Waals surface area contributed by atoms with Crippen LogP contribution in [-0.2, 0) is 6.42 Å². The third kappa shape index (κ3) is 6.00. The number of carbonyl (C=O) groups excluding carboxylic acids is 1. The predicted molar refractivity (Wildman–Crippen MR) is 86.8 cm³/mol. The third-order valence-electron chi connectivity index (χ3n) is 3.15. The number of benzene rings is 2. The fourth-order valence-electron chi connectivity index (χ4n) is 2.06. The van der Waals surface area contributed by atoms with Crippen LogP contribution >= 0.6 is 11.8 Å². The molecule has 0 bridgehead atoms. The van der Waals surface area contributed by atoms with Crippen molar-refractivity contribution in [1.29, 1.82) is 0 Å². The van der Waals surface area contributed by atoms with Crippen LogP contribution in [0.3, 0.4) is 0 Å². The molecule has 2 aromatic carbocycles. The molecule has 0 aliphatic carbocycles. The number of aliphatic hydroxyl groups is 1. The maximum Gasteiger partial charge on any atom is 0.288 e. The molecule has 1 atom stereocenters. The molecule has 0 fully saturated rings. The minimum atomic E-state index is -2.48. The second-order valence-corrected chi connectivity index (χ2v) is 6.02. The number of thioether (sulfide) groups is 1. The van der Waals surface area contributed by atoms with Crippen LogP contribution in [0.2, 0.25) is 0 Å². The van der Waals surface area contributed by atoms with E-state index in [9.17, 15) is 18.7 Å². The lowest BCUT2D eigenvalue weighted by molar-refractivity contribution is 0.0916. The van der Waals surface area contributed by atoms with E-state index in [0.29, 0.717) is 28.6 Å². The molecule has 0 saturated heterocycles. The summed E-state index contributed by atoms with van der Waals surface area (Å²) < 4.78 is 24.4. The number of hydrogen-bond acceptors (Lipinski definition) is 3. The van der Waals surface area contributed by atoms with E-state index < -0.39 is 11.9 Å². The van der Waals surface area contributed by atoms with Crippen LogP contribution in [-0.4, -0.2) is 29.4 Å². The topological polar surface area (TPSA) is 49.3 Å². The van der Waals surface area contributed by atoms with Crippen LogP contribution in [0.4, 0.5) is 8.78 Å². The van der Waals surface area contributed by atoms with Gasteiger partial charge in [-0.15, -0.1) is 0 Å². The Morgan fingerprint density at radius 3 is 2.35 bits per heavy atom. The Labute approximate surface area is 137 Å². The minimum absolute atomic E-state index is 0.126. The SMILES string of the molecule is O=C(NCC(O)Cc1ccccc1)c1ccc(SC(F)F)cc1. The summed E-state index contributed by atoms with van der Waals surface area (Å²) in [6.07, 6.45) is -0.236. The van der Waals surface area contributed by atoms with Crippen molar-refractivity contribution < 1.29 is 18.7 Å². The second-order valence-electron chi connectivity index (χ2n) is 4.96. The zero-order valence-corrected chi connectivity index (χ0v) is 13.1. The molecule has 2 N–H and O–H groups in total. The van der Waals surface area contributed by atoms with E-state index >= 15 is 0 Å². The highest BCUT2D eigenvalue weighted by atomic mass is 32.2. The molecule has 0 aliphatic rings. The number of nitrogens with one attached hydrogen (secondary N) is 1. The molecule has 0 heterocycles. The largest absolute Gasteiger partial charge is 0.391 e. The summed E-state index contributed by atoms with van der Waals surface area (Å²) in [5, 5.41) is 12.6. The Balaban J connectivity index is 1.82. The molecular formula is C17H17F2NO2S. The van der Waals surface area contributed by atoms with Crippen LogP contribution in [0, 0.1) is 0 Å². The number of amides is 1. The maximum atomic E-state index is 12.2. The summed E-state index contributed by atoms with van der Waals surface area (Å²) >= 11 is 0.433. The van der Waals surface area contributed by atoms with E-state index in [1.54, 1.807) is 0 Å². The van der Waals surface area contributed by atoms with Crippen LogP contribution in [0.15, 0.2) is 59.5 Å². The van der Waals surface area contributed by atoms with E-state index in [1.807, 2.05) is 30.3 Å². The van der Waals surface area contributed by atoms with Crippen LogP contribution < -0.4 is 5.32 Å². The van der Waals surface area contributed by atoms with Crippen molar-refractivity contribution in [2.24, 2.45) is 0 Å². The number of rotatable bonds is 7. The number of aliphatic hydroxyl groups excluding tert-OH is 1. The van der Waals surface area contributed by atoms with Gasteiger partial charge in [0.05, 0.1) is 6.10 Å². The van der Waals surface area contributed by atoms with Gasteiger partial charge in [-0.3, -0.25) is 4.79 Å². The minimum Gasteiger partial charge on any atom is -0.391 e. The van der Waals surface area contributed by atoms with Gasteiger partial charge in [0.1, 0.15) is 0 Å². The van der Waals surface area contributed by atoms with Gasteiger partial charge in [0.2, 0.25) is 0 Å². The number of hydrogen-bond donors (Lipinski definition) is 2. The van der Waals surface area contributed by atoms with Crippen molar-refractivity contribution in [2.45, 2.75) is 23.2 Å². The summed E-state index contributed by atoms with van der Waals surface area (Å²) in [6.45, 7) is 0.126. The molecule has 0 radical (unpaired) electrons. The van der Waals surface area contributed by atoms with E-state index in [-0.39, 0.29) is 12.5 Å². The van der Waals surface area contributed by atoms with Gasteiger partial charge < -0.3 is 10.4 Å². The smallest absolute Gasteiger partial charge is 0.288 e. The lowest BCUT2D eigenvalue weighted by Crippen LogP contribution is -2.33. The summed E-state index contributed by atoms with van der Waals surface area (Å²) in [7, 11) is 0. The van der Waals surface area contributed by atoms with E-state index in [1.165, 1.54) is 24.3 Å². The molecule has 6 heteroatoms. The molecule has 1 amide bonds. The quantitative estimate of drug-likeness (QED) is 0.762. The van der Waals surface area contributed by atoms with Gasteiger partial charge in [-0.25, -0.2) is 0 Å². The van der Waals surface area contributed by atoms with Gasteiger partial charge in [-0.2, -0.15) is 8.78 Å². The summed E-state index contributed by atoms with van der Waals surface area (Å²) in [5.74, 6) is -2.83. The first kappa shape index (κ1) is 17.4. The average Bonchev–Trinajstić information content (AvgIpc) is 2.54. The number of carbonyl (C=O) groups is 1. The molecule has 3 nitrogen and oxygen atoms in total. The highest BCUT2D eigenvalue weighted by Gasteiger charge is 2.11. The van der Waals surface area contributed by atoms with Gasteiger partial charge in [-0.05, 0) is 29.8 Å². The average molecular weight is 337 g/mol. The van der Waals surface area contributed by atoms with Gasteiger partial charge in [-0.1, -0.05) is 42.1 Å². The van der Waals surface area contributed by atoms with Crippen LogP contribution in [0.5, 0.6) is 0 Å².